The number of hydrogen-bond acceptors (Lipinski definition) is 3. The second-order valence-electron chi connectivity index (χ2n) is 4.96. The SMILES string of the molecule is [N-]=[N+]=NC1COC2CC12COCc1ccccc1. The van der Waals surface area contributed by atoms with Crippen LogP contribution in [0, 0.1) is 5.41 Å². The molecule has 1 aromatic carbocycles. The summed E-state index contributed by atoms with van der Waals surface area (Å²) >= 11 is 0. The van der Waals surface area contributed by atoms with E-state index < -0.39 is 0 Å². The van der Waals surface area contributed by atoms with Crippen molar-refractivity contribution in [3.8, 4) is 0 Å². The van der Waals surface area contributed by atoms with Crippen molar-refractivity contribution in [2.75, 3.05) is 13.2 Å². The molecule has 0 spiro atoms. The quantitative estimate of drug-likeness (QED) is 0.454. The molecule has 5 nitrogen and oxygen atoms in total. The van der Waals surface area contributed by atoms with Crippen molar-refractivity contribution in [3.63, 3.8) is 0 Å². The van der Waals surface area contributed by atoms with Gasteiger partial charge in [0.2, 0.25) is 0 Å². The zero-order chi connectivity index (χ0) is 12.4. The topological polar surface area (TPSA) is 67.2 Å². The van der Waals surface area contributed by atoms with E-state index in [0.717, 1.165) is 12.0 Å². The predicted molar refractivity (Wildman–Crippen MR) is 65.8 cm³/mol. The van der Waals surface area contributed by atoms with Gasteiger partial charge in [-0.15, -0.1) is 0 Å². The Labute approximate surface area is 105 Å². The number of ether oxygens (including phenoxy) is 2. The van der Waals surface area contributed by atoms with Crippen LogP contribution in [0.25, 0.3) is 10.4 Å². The van der Waals surface area contributed by atoms with Gasteiger partial charge < -0.3 is 9.47 Å². The highest BCUT2D eigenvalue weighted by Gasteiger charge is 2.64. The molecule has 0 bridgehead atoms. The largest absolute Gasteiger partial charge is 0.377 e. The van der Waals surface area contributed by atoms with Gasteiger partial charge in [0.05, 0.1) is 32.0 Å². The Hall–Kier alpha value is -1.55. The van der Waals surface area contributed by atoms with Crippen LogP contribution in [0.3, 0.4) is 0 Å². The molecule has 5 heteroatoms. The summed E-state index contributed by atoms with van der Waals surface area (Å²) in [5.41, 5.74) is 9.65. The van der Waals surface area contributed by atoms with Gasteiger partial charge in [0.25, 0.3) is 0 Å². The minimum atomic E-state index is -0.0664. The molecule has 1 heterocycles. The first-order chi connectivity index (χ1) is 8.85. The summed E-state index contributed by atoms with van der Waals surface area (Å²) in [4.78, 5) is 2.90. The molecule has 0 N–H and O–H groups in total. The summed E-state index contributed by atoms with van der Waals surface area (Å²) in [6.07, 6.45) is 1.18. The molecule has 1 aliphatic heterocycles. The molecule has 1 aliphatic carbocycles. The first-order valence-corrected chi connectivity index (χ1v) is 6.13. The highest BCUT2D eigenvalue weighted by atomic mass is 16.5. The van der Waals surface area contributed by atoms with Crippen LogP contribution in [-0.4, -0.2) is 25.4 Å². The minimum Gasteiger partial charge on any atom is -0.377 e. The number of fused-ring (bicyclic) bond motifs is 1. The van der Waals surface area contributed by atoms with Gasteiger partial charge in [-0.25, -0.2) is 0 Å². The summed E-state index contributed by atoms with van der Waals surface area (Å²) < 4.78 is 11.3. The standard InChI is InChI=1S/C13H15N3O2/c14-16-15-11-8-18-12-6-13(11,12)9-17-7-10-4-2-1-3-5-10/h1-5,11-12H,6-9H2. The zero-order valence-corrected chi connectivity index (χ0v) is 10.0. The van der Waals surface area contributed by atoms with E-state index in [0.29, 0.717) is 19.8 Å². The van der Waals surface area contributed by atoms with Crippen LogP contribution in [0.1, 0.15) is 12.0 Å². The number of benzene rings is 1. The first kappa shape index (κ1) is 11.5. The molecule has 1 aromatic rings. The molecule has 1 saturated heterocycles. The van der Waals surface area contributed by atoms with E-state index in [1.54, 1.807) is 0 Å². The smallest absolute Gasteiger partial charge is 0.0717 e. The van der Waals surface area contributed by atoms with E-state index >= 15 is 0 Å². The van der Waals surface area contributed by atoms with Crippen LogP contribution in [0.4, 0.5) is 0 Å². The lowest BCUT2D eigenvalue weighted by Gasteiger charge is -2.16. The van der Waals surface area contributed by atoms with Crippen LogP contribution in [0.5, 0.6) is 0 Å². The van der Waals surface area contributed by atoms with Gasteiger partial charge in [0.1, 0.15) is 0 Å². The fourth-order valence-corrected chi connectivity index (χ4v) is 2.63. The number of nitrogens with zero attached hydrogens (tertiary/aromatic N) is 3. The molecule has 2 fully saturated rings. The molecule has 0 amide bonds. The maximum absolute atomic E-state index is 8.54. The van der Waals surface area contributed by atoms with E-state index in [4.69, 9.17) is 15.0 Å². The summed E-state index contributed by atoms with van der Waals surface area (Å²) in [5, 5.41) is 3.82. The molecule has 1 saturated carbocycles. The third kappa shape index (κ3) is 1.97. The average molecular weight is 245 g/mol. The molecular weight excluding hydrogens is 230 g/mol. The molecule has 18 heavy (non-hydrogen) atoms. The molecule has 3 atom stereocenters. The van der Waals surface area contributed by atoms with E-state index in [1.165, 1.54) is 0 Å². The molecule has 0 radical (unpaired) electrons. The normalized spacial score (nSPS) is 32.7. The van der Waals surface area contributed by atoms with E-state index in [-0.39, 0.29) is 17.6 Å². The Bertz CT molecular complexity index is 472. The lowest BCUT2D eigenvalue weighted by Crippen LogP contribution is -2.25. The van der Waals surface area contributed by atoms with Gasteiger partial charge in [-0.1, -0.05) is 35.4 Å². The molecule has 3 rings (SSSR count). The second kappa shape index (κ2) is 4.61. The van der Waals surface area contributed by atoms with E-state index in [9.17, 15) is 0 Å². The fourth-order valence-electron chi connectivity index (χ4n) is 2.63. The second-order valence-corrected chi connectivity index (χ2v) is 4.96. The Morgan fingerprint density at radius 3 is 3.00 bits per heavy atom. The number of rotatable bonds is 5. The van der Waals surface area contributed by atoms with E-state index in [2.05, 4.69) is 10.0 Å². The van der Waals surface area contributed by atoms with Crippen molar-refractivity contribution < 1.29 is 9.47 Å². The lowest BCUT2D eigenvalue weighted by molar-refractivity contribution is 0.0705. The third-order valence-electron chi connectivity index (χ3n) is 3.84. The van der Waals surface area contributed by atoms with Crippen LogP contribution in [0.2, 0.25) is 0 Å². The summed E-state index contributed by atoms with van der Waals surface area (Å²) in [5.74, 6) is 0. The maximum Gasteiger partial charge on any atom is 0.0717 e. The van der Waals surface area contributed by atoms with Gasteiger partial charge in [0.15, 0.2) is 0 Å². The molecule has 3 unspecified atom stereocenters. The van der Waals surface area contributed by atoms with E-state index in [1.807, 2.05) is 30.3 Å². The Kier molecular flexibility index (Phi) is 2.96. The highest BCUT2D eigenvalue weighted by Crippen LogP contribution is 2.57. The molecule has 2 aliphatic rings. The van der Waals surface area contributed by atoms with Gasteiger partial charge >= 0.3 is 0 Å². The van der Waals surface area contributed by atoms with Gasteiger partial charge in [-0.05, 0) is 17.5 Å². The van der Waals surface area contributed by atoms with Crippen molar-refractivity contribution in [2.24, 2.45) is 10.5 Å². The first-order valence-electron chi connectivity index (χ1n) is 6.13. The van der Waals surface area contributed by atoms with Crippen LogP contribution in [0.15, 0.2) is 35.4 Å². The van der Waals surface area contributed by atoms with Gasteiger partial charge in [-0.2, -0.15) is 0 Å². The van der Waals surface area contributed by atoms with Crippen molar-refractivity contribution in [3.05, 3.63) is 46.3 Å². The Balaban J connectivity index is 1.56. The molecular formula is C13H15N3O2. The van der Waals surface area contributed by atoms with Gasteiger partial charge in [-0.3, -0.25) is 0 Å². The predicted octanol–water partition coefficient (Wildman–Crippen LogP) is 2.67. The van der Waals surface area contributed by atoms with Crippen molar-refractivity contribution in [1.82, 2.24) is 0 Å². The summed E-state index contributed by atoms with van der Waals surface area (Å²) in [6, 6.07) is 10.00. The molecule has 94 valence electrons. The van der Waals surface area contributed by atoms with Gasteiger partial charge in [0, 0.05) is 10.3 Å². The fraction of sp³-hybridized carbons (Fsp3) is 0.538. The minimum absolute atomic E-state index is 0.0546. The molecule has 0 aromatic heterocycles. The number of azide groups is 1. The summed E-state index contributed by atoms with van der Waals surface area (Å²) in [7, 11) is 0. The highest BCUT2D eigenvalue weighted by molar-refractivity contribution is 5.16. The number of hydrogen-bond donors (Lipinski definition) is 0. The monoisotopic (exact) mass is 245 g/mol. The average Bonchev–Trinajstić information content (AvgIpc) is 3.02. The lowest BCUT2D eigenvalue weighted by atomic mass is 10.0. The van der Waals surface area contributed by atoms with Crippen LogP contribution >= 0.6 is 0 Å². The van der Waals surface area contributed by atoms with Crippen molar-refractivity contribution >= 4 is 0 Å². The third-order valence-corrected chi connectivity index (χ3v) is 3.84. The maximum atomic E-state index is 8.54. The summed E-state index contributed by atoms with van der Waals surface area (Å²) in [6.45, 7) is 1.73. The van der Waals surface area contributed by atoms with Crippen LogP contribution in [-0.2, 0) is 16.1 Å². The van der Waals surface area contributed by atoms with Crippen molar-refractivity contribution in [1.29, 1.82) is 0 Å². The Morgan fingerprint density at radius 2 is 2.28 bits per heavy atom. The Morgan fingerprint density at radius 1 is 1.44 bits per heavy atom. The van der Waals surface area contributed by atoms with Crippen LogP contribution < -0.4 is 0 Å². The van der Waals surface area contributed by atoms with Crippen molar-refractivity contribution in [2.45, 2.75) is 25.2 Å². The zero-order valence-electron chi connectivity index (χ0n) is 10.0.